The van der Waals surface area contributed by atoms with Crippen molar-refractivity contribution < 1.29 is 4.74 Å². The van der Waals surface area contributed by atoms with E-state index in [1.165, 1.54) is 0 Å². The van der Waals surface area contributed by atoms with Crippen LogP contribution in [0.5, 0.6) is 5.75 Å². The van der Waals surface area contributed by atoms with E-state index in [2.05, 4.69) is 21.9 Å². The number of nitrogens with zero attached hydrogens (tertiary/aromatic N) is 1. The smallest absolute Gasteiger partial charge is 0.186 e. The summed E-state index contributed by atoms with van der Waals surface area (Å²) in [6.07, 6.45) is 1.71. The second-order valence-electron chi connectivity index (χ2n) is 3.85. The Balaban J connectivity index is 2.41. The van der Waals surface area contributed by atoms with Crippen LogP contribution in [0.25, 0.3) is 10.8 Å². The number of fused-ring (bicyclic) bond motifs is 1. The van der Waals surface area contributed by atoms with Crippen molar-refractivity contribution in [2.24, 2.45) is 5.10 Å². The zero-order valence-corrected chi connectivity index (χ0v) is 11.6. The number of hydrazone groups is 1. The molecule has 0 saturated carbocycles. The molecule has 0 aliphatic rings. The molecule has 0 aromatic heterocycles. The molecule has 2 aromatic carbocycles. The van der Waals surface area contributed by atoms with E-state index in [0.29, 0.717) is 5.11 Å². The number of hydrogen-bond donors (Lipinski definition) is 2. The predicted octanol–water partition coefficient (Wildman–Crippen LogP) is 2.28. The number of benzene rings is 2. The quantitative estimate of drug-likeness (QED) is 0.511. The van der Waals surface area contributed by atoms with Crippen LogP contribution in [0.2, 0.25) is 0 Å². The van der Waals surface area contributed by atoms with Crippen LogP contribution in [-0.2, 0) is 0 Å². The topological polar surface area (TPSA) is 45.7 Å². The Hall–Kier alpha value is -2.14. The van der Waals surface area contributed by atoms with Crippen LogP contribution in [0, 0.1) is 0 Å². The highest BCUT2D eigenvalue weighted by Crippen LogP contribution is 2.26. The van der Waals surface area contributed by atoms with E-state index in [0.717, 1.165) is 22.1 Å². The van der Waals surface area contributed by atoms with E-state index in [9.17, 15) is 0 Å². The summed E-state index contributed by atoms with van der Waals surface area (Å²) in [5.74, 6) is 0.777. The van der Waals surface area contributed by atoms with Gasteiger partial charge in [-0.1, -0.05) is 30.3 Å². The lowest BCUT2D eigenvalue weighted by molar-refractivity contribution is 0.415. The summed E-state index contributed by atoms with van der Waals surface area (Å²) in [4.78, 5) is 0. The Morgan fingerprint density at radius 1 is 1.26 bits per heavy atom. The first kappa shape index (κ1) is 13.3. The van der Waals surface area contributed by atoms with Gasteiger partial charge in [0.1, 0.15) is 5.75 Å². The van der Waals surface area contributed by atoms with Gasteiger partial charge < -0.3 is 10.1 Å². The summed E-state index contributed by atoms with van der Waals surface area (Å²) in [7, 11) is 3.39. The van der Waals surface area contributed by atoms with Gasteiger partial charge in [-0.25, -0.2) is 0 Å². The van der Waals surface area contributed by atoms with E-state index < -0.39 is 0 Å². The van der Waals surface area contributed by atoms with Crippen LogP contribution in [0.4, 0.5) is 0 Å². The molecule has 0 aliphatic carbocycles. The molecule has 0 saturated heterocycles. The van der Waals surface area contributed by atoms with Gasteiger partial charge in [-0.15, -0.1) is 0 Å². The van der Waals surface area contributed by atoms with Crippen molar-refractivity contribution in [3.8, 4) is 5.75 Å². The second-order valence-corrected chi connectivity index (χ2v) is 4.26. The molecule has 0 fully saturated rings. The van der Waals surface area contributed by atoms with Crippen LogP contribution in [0.3, 0.4) is 0 Å². The summed E-state index contributed by atoms with van der Waals surface area (Å²) < 4.78 is 5.37. The molecule has 0 spiro atoms. The molecule has 2 rings (SSSR count). The summed E-state index contributed by atoms with van der Waals surface area (Å²) >= 11 is 4.96. The molecular weight excluding hydrogens is 258 g/mol. The normalized spacial score (nSPS) is 10.6. The molecule has 0 radical (unpaired) electrons. The molecule has 2 aromatic rings. The third kappa shape index (κ3) is 3.00. The highest BCUT2D eigenvalue weighted by atomic mass is 32.1. The molecule has 4 nitrogen and oxygen atoms in total. The predicted molar refractivity (Wildman–Crippen MR) is 82.9 cm³/mol. The maximum absolute atomic E-state index is 5.37. The van der Waals surface area contributed by atoms with E-state index in [-0.39, 0.29) is 0 Å². The van der Waals surface area contributed by atoms with Gasteiger partial charge in [0.25, 0.3) is 0 Å². The minimum atomic E-state index is 0.468. The lowest BCUT2D eigenvalue weighted by Gasteiger charge is -2.08. The standard InChI is InChI=1S/C14H15N3OS/c1-15-14(19)17-16-9-12-11-6-4-3-5-10(11)7-8-13(12)18-2/h3-9H,1-2H3,(H2,15,17,19)/b16-9-. The molecule has 98 valence electrons. The Bertz CT molecular complexity index is 625. The number of methoxy groups -OCH3 is 1. The third-order valence-corrected chi connectivity index (χ3v) is 3.03. The minimum Gasteiger partial charge on any atom is -0.496 e. The van der Waals surface area contributed by atoms with Crippen molar-refractivity contribution in [3.63, 3.8) is 0 Å². The molecule has 2 N–H and O–H groups in total. The lowest BCUT2D eigenvalue weighted by atomic mass is 10.0. The first-order valence-corrected chi connectivity index (χ1v) is 6.23. The average Bonchev–Trinajstić information content (AvgIpc) is 2.47. The first-order valence-electron chi connectivity index (χ1n) is 5.83. The Morgan fingerprint density at radius 3 is 2.79 bits per heavy atom. The summed E-state index contributed by atoms with van der Waals surface area (Å²) in [6, 6.07) is 12.0. The van der Waals surface area contributed by atoms with Gasteiger partial charge >= 0.3 is 0 Å². The van der Waals surface area contributed by atoms with Crippen molar-refractivity contribution in [1.82, 2.24) is 10.7 Å². The zero-order valence-electron chi connectivity index (χ0n) is 10.8. The van der Waals surface area contributed by atoms with Crippen molar-refractivity contribution in [2.75, 3.05) is 14.2 Å². The van der Waals surface area contributed by atoms with Crippen LogP contribution in [-0.4, -0.2) is 25.5 Å². The fourth-order valence-corrected chi connectivity index (χ4v) is 1.85. The number of ether oxygens (including phenoxy) is 1. The van der Waals surface area contributed by atoms with Gasteiger partial charge in [-0.3, -0.25) is 5.43 Å². The monoisotopic (exact) mass is 273 g/mol. The molecule has 0 unspecified atom stereocenters. The van der Waals surface area contributed by atoms with E-state index in [1.54, 1.807) is 20.4 Å². The Kier molecular flexibility index (Phi) is 4.30. The highest BCUT2D eigenvalue weighted by molar-refractivity contribution is 7.80. The second kappa shape index (κ2) is 6.15. The first-order chi connectivity index (χ1) is 9.26. The Labute approximate surface area is 117 Å². The number of nitrogens with one attached hydrogen (secondary N) is 2. The molecule has 19 heavy (non-hydrogen) atoms. The molecular formula is C14H15N3OS. The van der Waals surface area contributed by atoms with Gasteiger partial charge in [0, 0.05) is 12.6 Å². The van der Waals surface area contributed by atoms with Crippen molar-refractivity contribution in [3.05, 3.63) is 42.0 Å². The van der Waals surface area contributed by atoms with Gasteiger partial charge in [0.2, 0.25) is 0 Å². The van der Waals surface area contributed by atoms with E-state index in [1.807, 2.05) is 30.3 Å². The fourth-order valence-electron chi connectivity index (χ4n) is 1.80. The largest absolute Gasteiger partial charge is 0.496 e. The van der Waals surface area contributed by atoms with E-state index >= 15 is 0 Å². The lowest BCUT2D eigenvalue weighted by Crippen LogP contribution is -2.28. The Morgan fingerprint density at radius 2 is 2.05 bits per heavy atom. The number of rotatable bonds is 3. The average molecular weight is 273 g/mol. The van der Waals surface area contributed by atoms with Crippen LogP contribution < -0.4 is 15.5 Å². The third-order valence-electron chi connectivity index (χ3n) is 2.74. The molecule has 0 atom stereocenters. The number of hydrogen-bond acceptors (Lipinski definition) is 3. The van der Waals surface area contributed by atoms with Crippen LogP contribution in [0.1, 0.15) is 5.56 Å². The minimum absolute atomic E-state index is 0.468. The number of thiocarbonyl (C=S) groups is 1. The van der Waals surface area contributed by atoms with E-state index in [4.69, 9.17) is 17.0 Å². The van der Waals surface area contributed by atoms with Crippen molar-refractivity contribution in [2.45, 2.75) is 0 Å². The molecule has 0 amide bonds. The van der Waals surface area contributed by atoms with Gasteiger partial charge in [-0.05, 0) is 29.1 Å². The maximum atomic E-state index is 5.37. The molecule has 0 aliphatic heterocycles. The van der Waals surface area contributed by atoms with Crippen LogP contribution in [0.15, 0.2) is 41.5 Å². The highest BCUT2D eigenvalue weighted by Gasteiger charge is 2.05. The van der Waals surface area contributed by atoms with Gasteiger partial charge in [0.15, 0.2) is 5.11 Å². The molecule has 5 heteroatoms. The summed E-state index contributed by atoms with van der Waals surface area (Å²) in [5, 5.41) is 9.60. The zero-order chi connectivity index (χ0) is 13.7. The molecule has 0 bridgehead atoms. The fraction of sp³-hybridized carbons (Fsp3) is 0.143. The molecule has 0 heterocycles. The summed E-state index contributed by atoms with van der Waals surface area (Å²) in [5.41, 5.74) is 3.65. The van der Waals surface area contributed by atoms with Crippen molar-refractivity contribution >= 4 is 34.3 Å². The van der Waals surface area contributed by atoms with Crippen molar-refractivity contribution in [1.29, 1.82) is 0 Å². The van der Waals surface area contributed by atoms with Gasteiger partial charge in [0.05, 0.1) is 13.3 Å². The van der Waals surface area contributed by atoms with Gasteiger partial charge in [-0.2, -0.15) is 5.10 Å². The maximum Gasteiger partial charge on any atom is 0.186 e. The van der Waals surface area contributed by atoms with Crippen LogP contribution >= 0.6 is 12.2 Å². The SMILES string of the molecule is CNC(=S)N/N=C\c1c(OC)ccc2ccccc12. The summed E-state index contributed by atoms with van der Waals surface area (Å²) in [6.45, 7) is 0.